The van der Waals surface area contributed by atoms with Crippen LogP contribution in [0.3, 0.4) is 0 Å². The van der Waals surface area contributed by atoms with Crippen molar-refractivity contribution in [2.45, 2.75) is 32.0 Å². The van der Waals surface area contributed by atoms with Crippen molar-refractivity contribution in [3.63, 3.8) is 0 Å². The second-order valence-corrected chi connectivity index (χ2v) is 6.81. The van der Waals surface area contributed by atoms with Crippen LogP contribution in [0.15, 0.2) is 42.5 Å². The molecule has 1 aliphatic heterocycles. The average molecular weight is 354 g/mol. The molecule has 0 saturated carbocycles. The van der Waals surface area contributed by atoms with E-state index in [0.717, 1.165) is 5.56 Å². The molecule has 1 heterocycles. The van der Waals surface area contributed by atoms with Gasteiger partial charge in [0.1, 0.15) is 28.4 Å². The highest BCUT2D eigenvalue weighted by Gasteiger charge is 2.38. The molecule has 0 radical (unpaired) electrons. The molecular formula is C21H22O5. The van der Waals surface area contributed by atoms with Crippen molar-refractivity contribution >= 4 is 11.9 Å². The molecule has 2 aromatic carbocycles. The third-order valence-corrected chi connectivity index (χ3v) is 4.59. The number of aliphatic hydroxyl groups excluding tert-OH is 1. The smallest absolute Gasteiger partial charge is 0.193 e. The number of ether oxygens (including phenoxy) is 2. The standard InChI is InChI=1S/C21H22O5/c1-21(2)18(23)11-14-16(26-21)12-17(25-3)19(20(14)24)15(22)10-9-13-7-5-4-6-8-13/h4-10,12,18,23-24H,11H2,1-3H3/b10-9+/t18-/m1/s1. The lowest BCUT2D eigenvalue weighted by molar-refractivity contribution is -0.0418. The van der Waals surface area contributed by atoms with E-state index in [1.165, 1.54) is 13.2 Å². The fourth-order valence-corrected chi connectivity index (χ4v) is 2.96. The molecule has 0 aromatic heterocycles. The van der Waals surface area contributed by atoms with Crippen LogP contribution >= 0.6 is 0 Å². The van der Waals surface area contributed by atoms with Crippen molar-refractivity contribution in [1.82, 2.24) is 0 Å². The summed E-state index contributed by atoms with van der Waals surface area (Å²) in [7, 11) is 1.43. The molecule has 1 atom stereocenters. The van der Waals surface area contributed by atoms with E-state index in [1.54, 1.807) is 26.0 Å². The van der Waals surface area contributed by atoms with Crippen LogP contribution in [-0.2, 0) is 6.42 Å². The van der Waals surface area contributed by atoms with Crippen LogP contribution < -0.4 is 9.47 Å². The number of benzene rings is 2. The Morgan fingerprint density at radius 1 is 1.31 bits per heavy atom. The van der Waals surface area contributed by atoms with Gasteiger partial charge in [-0.05, 0) is 25.5 Å². The van der Waals surface area contributed by atoms with Gasteiger partial charge in [0.25, 0.3) is 0 Å². The molecule has 5 heteroatoms. The van der Waals surface area contributed by atoms with Crippen LogP contribution in [0.1, 0.15) is 35.3 Å². The largest absolute Gasteiger partial charge is 0.507 e. The van der Waals surface area contributed by atoms with E-state index in [2.05, 4.69) is 0 Å². The highest BCUT2D eigenvalue weighted by molar-refractivity contribution is 6.11. The van der Waals surface area contributed by atoms with Gasteiger partial charge in [-0.3, -0.25) is 4.79 Å². The molecule has 0 unspecified atom stereocenters. The van der Waals surface area contributed by atoms with Gasteiger partial charge < -0.3 is 19.7 Å². The molecule has 0 fully saturated rings. The Morgan fingerprint density at radius 3 is 2.65 bits per heavy atom. The third kappa shape index (κ3) is 3.30. The van der Waals surface area contributed by atoms with Gasteiger partial charge in [0.2, 0.25) is 0 Å². The number of phenols is 1. The molecule has 0 saturated heterocycles. The van der Waals surface area contributed by atoms with Crippen LogP contribution in [-0.4, -0.2) is 34.8 Å². The Balaban J connectivity index is 2.01. The van der Waals surface area contributed by atoms with Crippen molar-refractivity contribution in [3.8, 4) is 17.2 Å². The zero-order valence-corrected chi connectivity index (χ0v) is 15.0. The fraction of sp³-hybridized carbons (Fsp3) is 0.286. The summed E-state index contributed by atoms with van der Waals surface area (Å²) in [5, 5.41) is 20.9. The molecule has 0 bridgehead atoms. The minimum absolute atomic E-state index is 0.0638. The summed E-state index contributed by atoms with van der Waals surface area (Å²) in [6.45, 7) is 3.54. The molecule has 0 spiro atoms. The fourth-order valence-electron chi connectivity index (χ4n) is 2.96. The molecule has 2 N–H and O–H groups in total. The van der Waals surface area contributed by atoms with E-state index in [-0.39, 0.29) is 29.3 Å². The minimum Gasteiger partial charge on any atom is -0.507 e. The van der Waals surface area contributed by atoms with Crippen molar-refractivity contribution in [2.24, 2.45) is 0 Å². The Labute approximate surface area is 152 Å². The molecule has 136 valence electrons. The maximum absolute atomic E-state index is 12.7. The SMILES string of the molecule is COc1cc2c(c(O)c1C(=O)/C=C/c1ccccc1)C[C@@H](O)C(C)(C)O2. The van der Waals surface area contributed by atoms with E-state index < -0.39 is 11.7 Å². The van der Waals surface area contributed by atoms with Crippen molar-refractivity contribution < 1.29 is 24.5 Å². The molecule has 0 amide bonds. The van der Waals surface area contributed by atoms with Gasteiger partial charge in [-0.15, -0.1) is 0 Å². The number of aliphatic hydroxyl groups is 1. The highest BCUT2D eigenvalue weighted by Crippen LogP contribution is 2.44. The van der Waals surface area contributed by atoms with Crippen LogP contribution in [0, 0.1) is 0 Å². The lowest BCUT2D eigenvalue weighted by Gasteiger charge is -2.37. The summed E-state index contributed by atoms with van der Waals surface area (Å²) in [4.78, 5) is 12.7. The summed E-state index contributed by atoms with van der Waals surface area (Å²) in [5.74, 6) is 0.0522. The zero-order valence-electron chi connectivity index (χ0n) is 15.0. The van der Waals surface area contributed by atoms with Crippen molar-refractivity contribution in [3.05, 3.63) is 59.2 Å². The number of fused-ring (bicyclic) bond motifs is 1. The summed E-state index contributed by atoms with van der Waals surface area (Å²) in [5.41, 5.74) is 0.559. The number of aromatic hydroxyl groups is 1. The number of hydrogen-bond donors (Lipinski definition) is 2. The number of carbonyl (C=O) groups is 1. The molecule has 26 heavy (non-hydrogen) atoms. The predicted molar refractivity (Wildman–Crippen MR) is 98.9 cm³/mol. The first-order chi connectivity index (χ1) is 12.3. The zero-order chi connectivity index (χ0) is 18.9. The van der Waals surface area contributed by atoms with Gasteiger partial charge >= 0.3 is 0 Å². The molecule has 0 aliphatic carbocycles. The number of phenolic OH excluding ortho intramolecular Hbond substituents is 1. The van der Waals surface area contributed by atoms with E-state index >= 15 is 0 Å². The van der Waals surface area contributed by atoms with Gasteiger partial charge in [0.05, 0.1) is 13.2 Å². The number of ketones is 1. The summed E-state index contributed by atoms with van der Waals surface area (Å²) >= 11 is 0. The van der Waals surface area contributed by atoms with E-state index in [9.17, 15) is 15.0 Å². The van der Waals surface area contributed by atoms with E-state index in [0.29, 0.717) is 11.3 Å². The second-order valence-electron chi connectivity index (χ2n) is 6.81. The number of allylic oxidation sites excluding steroid dienone is 1. The second kappa shape index (κ2) is 6.84. The van der Waals surface area contributed by atoms with Crippen LogP contribution in [0.25, 0.3) is 6.08 Å². The lowest BCUT2D eigenvalue weighted by Crippen LogP contribution is -2.46. The van der Waals surface area contributed by atoms with Crippen molar-refractivity contribution in [1.29, 1.82) is 0 Å². The Hall–Kier alpha value is -2.79. The monoisotopic (exact) mass is 354 g/mol. The predicted octanol–water partition coefficient (Wildman–Crippen LogP) is 3.37. The third-order valence-electron chi connectivity index (χ3n) is 4.59. The average Bonchev–Trinajstić information content (AvgIpc) is 2.62. The topological polar surface area (TPSA) is 76.0 Å². The number of hydrogen-bond acceptors (Lipinski definition) is 5. The maximum atomic E-state index is 12.7. The number of methoxy groups -OCH3 is 1. The van der Waals surface area contributed by atoms with Gasteiger partial charge in [0.15, 0.2) is 5.78 Å². The number of rotatable bonds is 4. The van der Waals surface area contributed by atoms with E-state index in [1.807, 2.05) is 30.3 Å². The first-order valence-corrected chi connectivity index (χ1v) is 8.41. The summed E-state index contributed by atoms with van der Waals surface area (Å²) in [6, 6.07) is 11.0. The molecule has 1 aliphatic rings. The highest BCUT2D eigenvalue weighted by atomic mass is 16.5. The van der Waals surface area contributed by atoms with Gasteiger partial charge in [-0.25, -0.2) is 0 Å². The van der Waals surface area contributed by atoms with Gasteiger partial charge in [-0.2, -0.15) is 0 Å². The van der Waals surface area contributed by atoms with Crippen LogP contribution in [0.5, 0.6) is 17.2 Å². The Morgan fingerprint density at radius 2 is 2.00 bits per heavy atom. The summed E-state index contributed by atoms with van der Waals surface area (Å²) < 4.78 is 11.1. The minimum atomic E-state index is -0.794. The first-order valence-electron chi connectivity index (χ1n) is 8.41. The Kier molecular flexibility index (Phi) is 4.74. The summed E-state index contributed by atoms with van der Waals surface area (Å²) in [6.07, 6.45) is 2.47. The van der Waals surface area contributed by atoms with Crippen LogP contribution in [0.2, 0.25) is 0 Å². The molecular weight excluding hydrogens is 332 g/mol. The normalized spacial score (nSPS) is 18.2. The molecule has 5 nitrogen and oxygen atoms in total. The quantitative estimate of drug-likeness (QED) is 0.650. The lowest BCUT2D eigenvalue weighted by atomic mass is 9.89. The van der Waals surface area contributed by atoms with Crippen LogP contribution in [0.4, 0.5) is 0 Å². The number of carbonyl (C=O) groups excluding carboxylic acids is 1. The molecule has 2 aromatic rings. The van der Waals surface area contributed by atoms with Crippen molar-refractivity contribution in [2.75, 3.05) is 7.11 Å². The first kappa shape index (κ1) is 18.0. The maximum Gasteiger partial charge on any atom is 0.193 e. The van der Waals surface area contributed by atoms with E-state index in [4.69, 9.17) is 9.47 Å². The Bertz CT molecular complexity index is 852. The van der Waals surface area contributed by atoms with Gasteiger partial charge in [-0.1, -0.05) is 36.4 Å². The van der Waals surface area contributed by atoms with Gasteiger partial charge in [0, 0.05) is 18.1 Å². The molecule has 3 rings (SSSR count).